The maximum absolute atomic E-state index is 11.6. The van der Waals surface area contributed by atoms with Crippen LogP contribution in [-0.2, 0) is 9.53 Å². The quantitative estimate of drug-likeness (QED) is 0.311. The molecule has 21 heavy (non-hydrogen) atoms. The first kappa shape index (κ1) is 17.8. The van der Waals surface area contributed by atoms with E-state index in [1.165, 1.54) is 43.5 Å². The number of nitrogens with zero attached hydrogens (tertiary/aromatic N) is 1. The number of aromatic amines is 1. The fourth-order valence-electron chi connectivity index (χ4n) is 1.86. The number of rotatable bonds is 10. The van der Waals surface area contributed by atoms with Crippen molar-refractivity contribution in [3.63, 3.8) is 0 Å². The number of aryl methyl sites for hydroxylation is 1. The summed E-state index contributed by atoms with van der Waals surface area (Å²) < 4.78 is 5.15. The Balaban J connectivity index is 2.12. The third-order valence-corrected chi connectivity index (χ3v) is 3.78. The Morgan fingerprint density at radius 2 is 2.00 bits per heavy atom. The Kier molecular flexibility index (Phi) is 8.82. The van der Waals surface area contributed by atoms with Gasteiger partial charge >= 0.3 is 5.97 Å². The Bertz CT molecular complexity index is 488. The standard InChI is InChI=1S/C15H24N2O3S/c1-3-4-5-6-7-8-9-20-14(19)11-21-15-16-12(2)10-13(18)17-15/h10H,3-9,11H2,1-2H3,(H,16,17,18). The average Bonchev–Trinajstić information content (AvgIpc) is 2.43. The van der Waals surface area contributed by atoms with E-state index < -0.39 is 0 Å². The summed E-state index contributed by atoms with van der Waals surface area (Å²) >= 11 is 1.19. The molecule has 0 atom stereocenters. The lowest BCUT2D eigenvalue weighted by molar-refractivity contribution is -0.140. The van der Waals surface area contributed by atoms with Gasteiger partial charge in [-0.15, -0.1) is 0 Å². The zero-order valence-electron chi connectivity index (χ0n) is 12.8. The molecule has 0 spiro atoms. The lowest BCUT2D eigenvalue weighted by Crippen LogP contribution is -2.11. The third-order valence-electron chi connectivity index (χ3n) is 2.94. The van der Waals surface area contributed by atoms with E-state index >= 15 is 0 Å². The van der Waals surface area contributed by atoms with Crippen molar-refractivity contribution >= 4 is 17.7 Å². The van der Waals surface area contributed by atoms with E-state index in [1.54, 1.807) is 6.92 Å². The summed E-state index contributed by atoms with van der Waals surface area (Å²) in [6.07, 6.45) is 6.99. The highest BCUT2D eigenvalue weighted by molar-refractivity contribution is 7.99. The van der Waals surface area contributed by atoms with Crippen LogP contribution in [-0.4, -0.2) is 28.3 Å². The summed E-state index contributed by atoms with van der Waals surface area (Å²) in [6, 6.07) is 1.42. The Labute approximate surface area is 129 Å². The van der Waals surface area contributed by atoms with Crippen LogP contribution in [0, 0.1) is 6.92 Å². The van der Waals surface area contributed by atoms with Crippen molar-refractivity contribution in [1.82, 2.24) is 9.97 Å². The summed E-state index contributed by atoms with van der Waals surface area (Å²) in [5.74, 6) is -0.0971. The zero-order chi connectivity index (χ0) is 15.5. The van der Waals surface area contributed by atoms with E-state index in [9.17, 15) is 9.59 Å². The zero-order valence-corrected chi connectivity index (χ0v) is 13.6. The number of carbonyl (C=O) groups excluding carboxylic acids is 1. The number of H-pyrrole nitrogens is 1. The number of ether oxygens (including phenoxy) is 1. The van der Waals surface area contributed by atoms with Crippen LogP contribution in [0.1, 0.15) is 51.1 Å². The van der Waals surface area contributed by atoms with Crippen LogP contribution in [0.5, 0.6) is 0 Å². The molecule has 0 aliphatic heterocycles. The third kappa shape index (κ3) is 8.55. The van der Waals surface area contributed by atoms with E-state index in [0.29, 0.717) is 17.5 Å². The SMILES string of the molecule is CCCCCCCCOC(=O)CSc1nc(C)cc(=O)[nH]1. The smallest absolute Gasteiger partial charge is 0.316 e. The molecule has 1 aromatic heterocycles. The van der Waals surface area contributed by atoms with E-state index in [1.807, 2.05) is 0 Å². The molecule has 0 bridgehead atoms. The number of carbonyl (C=O) groups is 1. The van der Waals surface area contributed by atoms with Crippen LogP contribution in [0.25, 0.3) is 0 Å². The summed E-state index contributed by atoms with van der Waals surface area (Å²) in [5, 5.41) is 0.455. The lowest BCUT2D eigenvalue weighted by atomic mass is 10.1. The van der Waals surface area contributed by atoms with Gasteiger partial charge in [-0.05, 0) is 13.3 Å². The van der Waals surface area contributed by atoms with Crippen LogP contribution in [0.3, 0.4) is 0 Å². The molecular formula is C15H24N2O3S. The van der Waals surface area contributed by atoms with Crippen LogP contribution in [0.4, 0.5) is 0 Å². The maximum atomic E-state index is 11.6. The molecule has 0 aromatic carbocycles. The predicted molar refractivity (Wildman–Crippen MR) is 84.7 cm³/mol. The Morgan fingerprint density at radius 1 is 1.29 bits per heavy atom. The van der Waals surface area contributed by atoms with Gasteiger partial charge in [0.25, 0.3) is 5.56 Å². The van der Waals surface area contributed by atoms with Gasteiger partial charge in [0.15, 0.2) is 5.16 Å². The number of hydrogen-bond acceptors (Lipinski definition) is 5. The second-order valence-electron chi connectivity index (χ2n) is 4.97. The van der Waals surface area contributed by atoms with Crippen molar-refractivity contribution in [3.05, 3.63) is 22.1 Å². The minimum absolute atomic E-state index is 0.169. The van der Waals surface area contributed by atoms with Gasteiger partial charge in [-0.1, -0.05) is 50.8 Å². The Hall–Kier alpha value is -1.30. The first-order valence-corrected chi connectivity index (χ1v) is 8.46. The highest BCUT2D eigenvalue weighted by Gasteiger charge is 2.06. The van der Waals surface area contributed by atoms with E-state index in [4.69, 9.17) is 4.74 Å². The van der Waals surface area contributed by atoms with Crippen molar-refractivity contribution in [2.75, 3.05) is 12.4 Å². The van der Waals surface area contributed by atoms with Gasteiger partial charge in [0.1, 0.15) is 0 Å². The van der Waals surface area contributed by atoms with Crippen molar-refractivity contribution in [2.45, 2.75) is 57.5 Å². The van der Waals surface area contributed by atoms with Gasteiger partial charge < -0.3 is 9.72 Å². The summed E-state index contributed by atoms with van der Waals surface area (Å²) in [6.45, 7) is 4.41. The maximum Gasteiger partial charge on any atom is 0.316 e. The normalized spacial score (nSPS) is 10.6. The summed E-state index contributed by atoms with van der Waals surface area (Å²) in [4.78, 5) is 29.5. The van der Waals surface area contributed by atoms with Crippen molar-refractivity contribution < 1.29 is 9.53 Å². The number of unbranched alkanes of at least 4 members (excludes halogenated alkanes) is 5. The van der Waals surface area contributed by atoms with Crippen molar-refractivity contribution in [2.24, 2.45) is 0 Å². The van der Waals surface area contributed by atoms with Crippen LogP contribution in [0.2, 0.25) is 0 Å². The molecule has 0 aliphatic rings. The molecule has 1 rings (SSSR count). The highest BCUT2D eigenvalue weighted by Crippen LogP contribution is 2.11. The van der Waals surface area contributed by atoms with Gasteiger partial charge in [0.2, 0.25) is 0 Å². The average molecular weight is 312 g/mol. The largest absolute Gasteiger partial charge is 0.465 e. The van der Waals surface area contributed by atoms with Gasteiger partial charge in [-0.2, -0.15) is 0 Å². The molecule has 0 radical (unpaired) electrons. The Morgan fingerprint density at radius 3 is 2.71 bits per heavy atom. The molecule has 118 valence electrons. The number of thioether (sulfide) groups is 1. The van der Waals surface area contributed by atoms with Crippen LogP contribution in [0.15, 0.2) is 16.0 Å². The molecule has 0 unspecified atom stereocenters. The second-order valence-corrected chi connectivity index (χ2v) is 5.93. The minimum atomic E-state index is -0.266. The number of nitrogens with one attached hydrogen (secondary N) is 1. The molecule has 1 N–H and O–H groups in total. The van der Waals surface area contributed by atoms with Gasteiger partial charge in [0, 0.05) is 11.8 Å². The molecule has 1 aromatic rings. The number of esters is 1. The fraction of sp³-hybridized carbons (Fsp3) is 0.667. The second kappa shape index (κ2) is 10.4. The first-order chi connectivity index (χ1) is 10.1. The van der Waals surface area contributed by atoms with Crippen LogP contribution >= 0.6 is 11.8 Å². The topological polar surface area (TPSA) is 72.0 Å². The van der Waals surface area contributed by atoms with E-state index in [2.05, 4.69) is 16.9 Å². The summed E-state index contributed by atoms with van der Waals surface area (Å²) in [7, 11) is 0. The number of aromatic nitrogens is 2. The molecule has 0 aliphatic carbocycles. The lowest BCUT2D eigenvalue weighted by Gasteiger charge is -2.05. The molecular weight excluding hydrogens is 288 g/mol. The van der Waals surface area contributed by atoms with Gasteiger partial charge in [-0.25, -0.2) is 4.98 Å². The number of hydrogen-bond donors (Lipinski definition) is 1. The van der Waals surface area contributed by atoms with Crippen molar-refractivity contribution in [3.8, 4) is 0 Å². The first-order valence-electron chi connectivity index (χ1n) is 7.48. The monoisotopic (exact) mass is 312 g/mol. The van der Waals surface area contributed by atoms with E-state index in [-0.39, 0.29) is 17.3 Å². The summed E-state index contributed by atoms with van der Waals surface area (Å²) in [5.41, 5.74) is 0.437. The molecule has 0 saturated heterocycles. The fourth-order valence-corrected chi connectivity index (χ4v) is 2.58. The van der Waals surface area contributed by atoms with E-state index in [0.717, 1.165) is 12.8 Å². The molecule has 0 amide bonds. The predicted octanol–water partition coefficient (Wildman–Crippen LogP) is 3.07. The molecule has 0 saturated carbocycles. The molecule has 6 heteroatoms. The highest BCUT2D eigenvalue weighted by atomic mass is 32.2. The molecule has 0 fully saturated rings. The molecule has 5 nitrogen and oxygen atoms in total. The van der Waals surface area contributed by atoms with Gasteiger partial charge in [0.05, 0.1) is 12.4 Å². The van der Waals surface area contributed by atoms with Gasteiger partial charge in [-0.3, -0.25) is 9.59 Å². The molecule has 1 heterocycles. The minimum Gasteiger partial charge on any atom is -0.465 e. The van der Waals surface area contributed by atoms with Crippen LogP contribution < -0.4 is 5.56 Å². The van der Waals surface area contributed by atoms with Crippen molar-refractivity contribution in [1.29, 1.82) is 0 Å².